The lowest BCUT2D eigenvalue weighted by molar-refractivity contribution is 0.120. The Bertz CT molecular complexity index is 561. The molecule has 5 nitrogen and oxygen atoms in total. The maximum atomic E-state index is 9.78. The van der Waals surface area contributed by atoms with Crippen LogP contribution < -0.4 is 16.4 Å². The van der Waals surface area contributed by atoms with Gasteiger partial charge >= 0.3 is 0 Å². The predicted octanol–water partition coefficient (Wildman–Crippen LogP) is 1.65. The molecule has 0 aliphatic carbocycles. The molecule has 5 N–H and O–H groups in total. The highest BCUT2D eigenvalue weighted by molar-refractivity contribution is 5.38. The highest BCUT2D eigenvalue weighted by Crippen LogP contribution is 2.24. The van der Waals surface area contributed by atoms with Crippen LogP contribution in [0.15, 0.2) is 48.5 Å². The standard InChI is InChI=1S/C16H20N2O3/c17-9-15(19)13-6-7-16(14(8-13)11-21-18)20-10-12-4-2-1-3-5-12/h1-8,15,19H,9-11,17-18H2/t15-/m1/s1. The molecule has 0 aliphatic heterocycles. The van der Waals surface area contributed by atoms with Crippen LogP contribution in [0.25, 0.3) is 0 Å². The summed E-state index contributed by atoms with van der Waals surface area (Å²) < 4.78 is 5.80. The molecule has 0 aliphatic rings. The van der Waals surface area contributed by atoms with E-state index in [1.807, 2.05) is 30.3 Å². The van der Waals surface area contributed by atoms with Gasteiger partial charge in [0.2, 0.25) is 0 Å². The van der Waals surface area contributed by atoms with E-state index in [0.717, 1.165) is 16.7 Å². The van der Waals surface area contributed by atoms with Crippen molar-refractivity contribution in [3.63, 3.8) is 0 Å². The Morgan fingerprint density at radius 3 is 2.48 bits per heavy atom. The zero-order valence-corrected chi connectivity index (χ0v) is 11.7. The van der Waals surface area contributed by atoms with Crippen molar-refractivity contribution >= 4 is 0 Å². The molecular weight excluding hydrogens is 268 g/mol. The van der Waals surface area contributed by atoms with Crippen LogP contribution in [0, 0.1) is 0 Å². The van der Waals surface area contributed by atoms with Gasteiger partial charge in [0, 0.05) is 12.1 Å². The number of ether oxygens (including phenoxy) is 1. The van der Waals surface area contributed by atoms with E-state index in [1.165, 1.54) is 0 Å². The number of rotatable bonds is 7. The van der Waals surface area contributed by atoms with Gasteiger partial charge in [0.05, 0.1) is 12.7 Å². The summed E-state index contributed by atoms with van der Waals surface area (Å²) in [6.07, 6.45) is -0.704. The van der Waals surface area contributed by atoms with Crippen LogP contribution in [0.3, 0.4) is 0 Å². The lowest BCUT2D eigenvalue weighted by Gasteiger charge is -2.15. The largest absolute Gasteiger partial charge is 0.489 e. The summed E-state index contributed by atoms with van der Waals surface area (Å²) in [5, 5.41) is 9.78. The zero-order valence-electron chi connectivity index (χ0n) is 11.7. The van der Waals surface area contributed by atoms with E-state index in [2.05, 4.69) is 0 Å². The molecule has 0 heterocycles. The minimum atomic E-state index is -0.704. The third kappa shape index (κ3) is 4.27. The molecule has 0 fully saturated rings. The fourth-order valence-corrected chi connectivity index (χ4v) is 2.02. The highest BCUT2D eigenvalue weighted by atomic mass is 16.6. The van der Waals surface area contributed by atoms with Crippen LogP contribution in [-0.2, 0) is 18.1 Å². The van der Waals surface area contributed by atoms with Gasteiger partial charge in [-0.25, -0.2) is 5.90 Å². The van der Waals surface area contributed by atoms with E-state index in [9.17, 15) is 5.11 Å². The number of aliphatic hydroxyl groups is 1. The first-order valence-electron chi connectivity index (χ1n) is 6.74. The molecular formula is C16H20N2O3. The smallest absolute Gasteiger partial charge is 0.125 e. The number of benzene rings is 2. The van der Waals surface area contributed by atoms with Crippen molar-refractivity contribution in [3.05, 3.63) is 65.2 Å². The third-order valence-electron chi connectivity index (χ3n) is 3.17. The minimum Gasteiger partial charge on any atom is -0.489 e. The van der Waals surface area contributed by atoms with Crippen molar-refractivity contribution in [1.29, 1.82) is 0 Å². The van der Waals surface area contributed by atoms with Gasteiger partial charge in [-0.05, 0) is 23.3 Å². The maximum absolute atomic E-state index is 9.78. The van der Waals surface area contributed by atoms with Crippen LogP contribution in [0.4, 0.5) is 0 Å². The monoisotopic (exact) mass is 288 g/mol. The molecule has 5 heteroatoms. The molecule has 112 valence electrons. The molecule has 21 heavy (non-hydrogen) atoms. The normalized spacial score (nSPS) is 12.1. The molecule has 0 bridgehead atoms. The lowest BCUT2D eigenvalue weighted by atomic mass is 10.1. The summed E-state index contributed by atoms with van der Waals surface area (Å²) in [5.41, 5.74) is 8.03. The van der Waals surface area contributed by atoms with Gasteiger partial charge in [-0.3, -0.25) is 4.84 Å². The fraction of sp³-hybridized carbons (Fsp3) is 0.250. The molecule has 2 aromatic rings. The summed E-state index contributed by atoms with van der Waals surface area (Å²) in [7, 11) is 0. The summed E-state index contributed by atoms with van der Waals surface area (Å²) in [4.78, 5) is 4.70. The summed E-state index contributed by atoms with van der Waals surface area (Å²) in [6, 6.07) is 15.2. The van der Waals surface area contributed by atoms with Crippen molar-refractivity contribution in [2.24, 2.45) is 11.6 Å². The Kier molecular flexibility index (Phi) is 5.71. The van der Waals surface area contributed by atoms with E-state index in [0.29, 0.717) is 12.4 Å². The van der Waals surface area contributed by atoms with Crippen molar-refractivity contribution in [3.8, 4) is 5.75 Å². The van der Waals surface area contributed by atoms with Gasteiger partial charge in [-0.2, -0.15) is 0 Å². The summed E-state index contributed by atoms with van der Waals surface area (Å²) in [5.74, 6) is 5.83. The van der Waals surface area contributed by atoms with Crippen molar-refractivity contribution in [2.45, 2.75) is 19.3 Å². The SMILES string of the molecule is NC[C@@H](O)c1ccc(OCc2ccccc2)c(CON)c1. The van der Waals surface area contributed by atoms with Crippen LogP contribution >= 0.6 is 0 Å². The first kappa shape index (κ1) is 15.5. The zero-order chi connectivity index (χ0) is 15.1. The second-order valence-corrected chi connectivity index (χ2v) is 4.70. The summed E-state index contributed by atoms with van der Waals surface area (Å²) in [6.45, 7) is 0.819. The second kappa shape index (κ2) is 7.75. The lowest BCUT2D eigenvalue weighted by Crippen LogP contribution is -2.12. The van der Waals surface area contributed by atoms with Crippen molar-refractivity contribution in [1.82, 2.24) is 0 Å². The first-order valence-corrected chi connectivity index (χ1v) is 6.74. The average Bonchev–Trinajstić information content (AvgIpc) is 2.54. The van der Waals surface area contributed by atoms with Crippen LogP contribution in [0.2, 0.25) is 0 Å². The number of hydrogen-bond donors (Lipinski definition) is 3. The maximum Gasteiger partial charge on any atom is 0.125 e. The van der Waals surface area contributed by atoms with E-state index < -0.39 is 6.10 Å². The molecule has 0 radical (unpaired) electrons. The van der Waals surface area contributed by atoms with E-state index in [1.54, 1.807) is 18.2 Å². The van der Waals surface area contributed by atoms with Gasteiger partial charge in [-0.15, -0.1) is 0 Å². The predicted molar refractivity (Wildman–Crippen MR) is 80.2 cm³/mol. The van der Waals surface area contributed by atoms with Crippen LogP contribution in [0.1, 0.15) is 22.8 Å². The van der Waals surface area contributed by atoms with Gasteiger partial charge < -0.3 is 15.6 Å². The fourth-order valence-electron chi connectivity index (χ4n) is 2.02. The second-order valence-electron chi connectivity index (χ2n) is 4.70. The third-order valence-corrected chi connectivity index (χ3v) is 3.17. The number of aliphatic hydroxyl groups excluding tert-OH is 1. The molecule has 0 unspecified atom stereocenters. The molecule has 0 aromatic heterocycles. The van der Waals surface area contributed by atoms with Crippen molar-refractivity contribution in [2.75, 3.05) is 6.54 Å². The molecule has 2 rings (SSSR count). The van der Waals surface area contributed by atoms with Crippen molar-refractivity contribution < 1.29 is 14.7 Å². The van der Waals surface area contributed by atoms with Crippen LogP contribution in [-0.4, -0.2) is 11.7 Å². The quantitative estimate of drug-likeness (QED) is 0.674. The molecule has 2 aromatic carbocycles. The summed E-state index contributed by atoms with van der Waals surface area (Å²) >= 11 is 0. The highest BCUT2D eigenvalue weighted by Gasteiger charge is 2.10. The molecule has 0 amide bonds. The van der Waals surface area contributed by atoms with Gasteiger partial charge in [-0.1, -0.05) is 36.4 Å². The van der Waals surface area contributed by atoms with E-state index >= 15 is 0 Å². The van der Waals surface area contributed by atoms with Crippen LogP contribution in [0.5, 0.6) is 5.75 Å². The van der Waals surface area contributed by atoms with E-state index in [-0.39, 0.29) is 13.2 Å². The Labute approximate surface area is 124 Å². The Hall–Kier alpha value is -1.92. The Balaban J connectivity index is 2.14. The minimum absolute atomic E-state index is 0.160. The molecule has 1 atom stereocenters. The van der Waals surface area contributed by atoms with Gasteiger partial charge in [0.25, 0.3) is 0 Å². The molecule has 0 saturated carbocycles. The van der Waals surface area contributed by atoms with Gasteiger partial charge in [0.1, 0.15) is 12.4 Å². The van der Waals surface area contributed by atoms with Gasteiger partial charge in [0.15, 0.2) is 0 Å². The first-order chi connectivity index (χ1) is 10.2. The topological polar surface area (TPSA) is 90.7 Å². The Morgan fingerprint density at radius 1 is 1.05 bits per heavy atom. The van der Waals surface area contributed by atoms with E-state index in [4.69, 9.17) is 21.2 Å². The number of nitrogens with two attached hydrogens (primary N) is 2. The molecule has 0 saturated heterocycles. The molecule has 0 spiro atoms. The Morgan fingerprint density at radius 2 is 1.81 bits per heavy atom. The average molecular weight is 288 g/mol. The number of hydrogen-bond acceptors (Lipinski definition) is 5.